The molecule has 3 aliphatic carbocycles. The number of nitrogens with one attached hydrogen (secondary N) is 1. The van der Waals surface area contributed by atoms with Gasteiger partial charge in [0.2, 0.25) is 5.91 Å². The van der Waals surface area contributed by atoms with E-state index in [2.05, 4.69) is 46.0 Å². The van der Waals surface area contributed by atoms with Gasteiger partial charge in [-0.1, -0.05) is 74.0 Å². The first-order valence-electron chi connectivity index (χ1n) is 15.6. The number of ketones is 2. The van der Waals surface area contributed by atoms with Gasteiger partial charge >= 0.3 is 6.18 Å². The first-order valence-corrected chi connectivity index (χ1v) is 15.6. The quantitative estimate of drug-likeness (QED) is 0.296. The summed E-state index contributed by atoms with van der Waals surface area (Å²) in [7, 11) is 0. The lowest BCUT2D eigenvalue weighted by atomic mass is 9.42. The predicted molar refractivity (Wildman–Crippen MR) is 161 cm³/mol. The normalized spacial score (nSPS) is 35.0. The first kappa shape index (κ1) is 35.1. The molecule has 0 saturated heterocycles. The Kier molecular flexibility index (Phi) is 9.11. The van der Waals surface area contributed by atoms with Crippen LogP contribution in [0.15, 0.2) is 23.3 Å². The number of hydrogen-bond acceptors (Lipinski definition) is 4. The van der Waals surface area contributed by atoms with Crippen molar-refractivity contribution in [3.8, 4) is 6.07 Å². The number of allylic oxidation sites excluding steroid dienone is 4. The van der Waals surface area contributed by atoms with Crippen LogP contribution in [0.4, 0.5) is 13.2 Å². The summed E-state index contributed by atoms with van der Waals surface area (Å²) in [6.45, 7) is 18.6. The molecule has 0 heterocycles. The Morgan fingerprint density at radius 3 is 2.21 bits per heavy atom. The first-order chi connectivity index (χ1) is 19.4. The largest absolute Gasteiger partial charge is 0.405 e. The molecule has 43 heavy (non-hydrogen) atoms. The summed E-state index contributed by atoms with van der Waals surface area (Å²) in [6.07, 6.45) is 3.34. The average molecular weight is 605 g/mol. The van der Waals surface area contributed by atoms with Gasteiger partial charge < -0.3 is 5.32 Å². The number of fused-ring (bicyclic) bond motifs is 1. The number of hydrogen-bond donors (Lipinski definition) is 1. The van der Waals surface area contributed by atoms with Gasteiger partial charge in [0.1, 0.15) is 12.6 Å². The Morgan fingerprint density at radius 1 is 1.09 bits per heavy atom. The Hall–Kier alpha value is -2.43. The third-order valence-corrected chi connectivity index (χ3v) is 12.1. The Bertz CT molecular complexity index is 1270. The highest BCUT2D eigenvalue weighted by Crippen LogP contribution is 2.67. The fourth-order valence-electron chi connectivity index (χ4n) is 9.04. The number of nitrogens with zero attached hydrogens (tertiary/aromatic N) is 1. The van der Waals surface area contributed by atoms with E-state index in [1.807, 2.05) is 27.7 Å². The number of halogens is 3. The number of amides is 1. The Labute approximate surface area is 256 Å². The molecule has 0 aliphatic heterocycles. The summed E-state index contributed by atoms with van der Waals surface area (Å²) >= 11 is 0. The molecule has 2 saturated carbocycles. The zero-order valence-corrected chi connectivity index (χ0v) is 27.8. The highest BCUT2D eigenvalue weighted by Gasteiger charge is 2.61. The third kappa shape index (κ3) is 6.25. The van der Waals surface area contributed by atoms with Crippen molar-refractivity contribution in [2.45, 2.75) is 120 Å². The predicted octanol–water partition coefficient (Wildman–Crippen LogP) is 8.30. The van der Waals surface area contributed by atoms with Crippen molar-refractivity contribution in [2.24, 2.45) is 44.3 Å². The van der Waals surface area contributed by atoms with Crippen molar-refractivity contribution in [1.29, 1.82) is 5.26 Å². The summed E-state index contributed by atoms with van der Waals surface area (Å²) in [6, 6.07) is 2.10. The minimum atomic E-state index is -4.49. The molecule has 0 aromatic carbocycles. The van der Waals surface area contributed by atoms with Crippen molar-refractivity contribution >= 4 is 17.5 Å². The van der Waals surface area contributed by atoms with Crippen molar-refractivity contribution in [1.82, 2.24) is 5.32 Å². The summed E-state index contributed by atoms with van der Waals surface area (Å²) in [5.74, 6) is -1.05. The van der Waals surface area contributed by atoms with E-state index in [1.165, 1.54) is 6.92 Å². The monoisotopic (exact) mass is 604 g/mol. The van der Waals surface area contributed by atoms with Gasteiger partial charge in [-0.05, 0) is 86.0 Å². The second-order valence-electron chi connectivity index (χ2n) is 16.2. The molecule has 5 nitrogen and oxygen atoms in total. The Balaban J connectivity index is 2.07. The number of alkyl halides is 3. The van der Waals surface area contributed by atoms with Crippen molar-refractivity contribution < 1.29 is 27.6 Å². The lowest BCUT2D eigenvalue weighted by Gasteiger charge is -2.61. The van der Waals surface area contributed by atoms with Crippen LogP contribution in [0.5, 0.6) is 0 Å². The lowest BCUT2D eigenvalue weighted by molar-refractivity contribution is -0.151. The fourth-order valence-corrected chi connectivity index (χ4v) is 9.04. The van der Waals surface area contributed by atoms with Gasteiger partial charge in [0.05, 0.1) is 11.0 Å². The average Bonchev–Trinajstić information content (AvgIpc) is 2.86. The zero-order chi connectivity index (χ0) is 33.0. The smallest absolute Gasteiger partial charge is 0.346 e. The van der Waals surface area contributed by atoms with Crippen LogP contribution in [0.25, 0.3) is 0 Å². The van der Waals surface area contributed by atoms with Crippen molar-refractivity contribution in [3.63, 3.8) is 0 Å². The number of carbonyl (C=O) groups is 3. The standard InChI is InChI=1S/C35H51F3N2O3/c1-22-18-29(3,4)13-15-34(22,28(43)40-21-35(36,37)38)16-14-30(5,6)33(10)12-11-25-31(7,8)27(42)24(20-39)19-32(25,9)26(33)17-23(2)41/h17,19,22,25H,11-16,18,21H2,1-10H3,(H,40,43)/b26-17-/t22?,25-,32-,33+,34-/m0/s1. The van der Waals surface area contributed by atoms with Crippen LogP contribution in [0.1, 0.15) is 114 Å². The van der Waals surface area contributed by atoms with E-state index < -0.39 is 45.7 Å². The molecule has 0 aromatic rings. The number of carbonyl (C=O) groups excluding carboxylic acids is 3. The second kappa shape index (κ2) is 11.2. The van der Waals surface area contributed by atoms with Gasteiger partial charge in [-0.15, -0.1) is 0 Å². The fraction of sp³-hybridized carbons (Fsp3) is 0.771. The second-order valence-corrected chi connectivity index (χ2v) is 16.2. The molecule has 0 bridgehead atoms. The SMILES string of the molecule is CC(=O)/C=C1/[C@@]2(C)C=C(C#N)C(=O)C(C)(C)[C@@H]2CC[C@@]1(C)C(C)(C)CC[C@@]1(C(=O)NCC(F)(F)F)CCC(C)(C)CC1C. The van der Waals surface area contributed by atoms with Crippen LogP contribution in [0.3, 0.4) is 0 Å². The molecule has 1 amide bonds. The van der Waals surface area contributed by atoms with Gasteiger partial charge in [0, 0.05) is 10.8 Å². The summed E-state index contributed by atoms with van der Waals surface area (Å²) in [5, 5.41) is 12.1. The van der Waals surface area contributed by atoms with E-state index >= 15 is 0 Å². The number of rotatable bonds is 7. The van der Waals surface area contributed by atoms with Crippen LogP contribution < -0.4 is 5.32 Å². The minimum Gasteiger partial charge on any atom is -0.346 e. The molecule has 3 rings (SSSR count). The molecular formula is C35H51F3N2O3. The molecule has 5 atom stereocenters. The molecule has 240 valence electrons. The van der Waals surface area contributed by atoms with Crippen LogP contribution in [0, 0.1) is 55.7 Å². The number of Topliss-reactive ketones (excluding diaryl/α,β-unsaturated/α-hetero) is 1. The van der Waals surface area contributed by atoms with Crippen LogP contribution in [-0.4, -0.2) is 30.2 Å². The highest BCUT2D eigenvalue weighted by molar-refractivity contribution is 6.04. The molecule has 2 fully saturated rings. The van der Waals surface area contributed by atoms with E-state index in [0.29, 0.717) is 32.1 Å². The summed E-state index contributed by atoms with van der Waals surface area (Å²) in [5.41, 5.74) is -2.48. The van der Waals surface area contributed by atoms with Crippen LogP contribution in [-0.2, 0) is 14.4 Å². The molecule has 0 radical (unpaired) electrons. The molecule has 8 heteroatoms. The molecular weight excluding hydrogens is 553 g/mol. The maximum atomic E-state index is 13.6. The molecule has 1 N–H and O–H groups in total. The molecule has 0 aromatic heterocycles. The van der Waals surface area contributed by atoms with E-state index in [-0.39, 0.29) is 34.4 Å². The summed E-state index contributed by atoms with van der Waals surface area (Å²) in [4.78, 5) is 39.6. The number of nitriles is 1. The minimum absolute atomic E-state index is 0.00487. The maximum absolute atomic E-state index is 13.6. The third-order valence-electron chi connectivity index (χ3n) is 12.1. The molecule has 1 unspecified atom stereocenters. The van der Waals surface area contributed by atoms with Gasteiger partial charge in [-0.25, -0.2) is 0 Å². The van der Waals surface area contributed by atoms with E-state index in [9.17, 15) is 32.8 Å². The molecule has 0 spiro atoms. The van der Waals surface area contributed by atoms with Crippen molar-refractivity contribution in [3.05, 3.63) is 23.3 Å². The van der Waals surface area contributed by atoms with Crippen LogP contribution in [0.2, 0.25) is 0 Å². The summed E-state index contributed by atoms with van der Waals surface area (Å²) < 4.78 is 39.5. The van der Waals surface area contributed by atoms with Gasteiger partial charge in [-0.3, -0.25) is 14.4 Å². The van der Waals surface area contributed by atoms with E-state index in [0.717, 1.165) is 18.4 Å². The van der Waals surface area contributed by atoms with Gasteiger partial charge in [0.25, 0.3) is 0 Å². The van der Waals surface area contributed by atoms with Crippen molar-refractivity contribution in [2.75, 3.05) is 6.54 Å². The van der Waals surface area contributed by atoms with Gasteiger partial charge in [-0.2, -0.15) is 18.4 Å². The van der Waals surface area contributed by atoms with E-state index in [4.69, 9.17) is 0 Å². The zero-order valence-electron chi connectivity index (χ0n) is 27.8. The van der Waals surface area contributed by atoms with Crippen LogP contribution >= 0.6 is 0 Å². The van der Waals surface area contributed by atoms with E-state index in [1.54, 1.807) is 12.2 Å². The maximum Gasteiger partial charge on any atom is 0.405 e. The highest BCUT2D eigenvalue weighted by atomic mass is 19.4. The molecule has 3 aliphatic rings. The lowest BCUT2D eigenvalue weighted by Crippen LogP contribution is -2.56. The topological polar surface area (TPSA) is 87.0 Å². The Morgan fingerprint density at radius 2 is 1.70 bits per heavy atom. The van der Waals surface area contributed by atoms with Gasteiger partial charge in [0.15, 0.2) is 11.6 Å².